The van der Waals surface area contributed by atoms with Gasteiger partial charge in [-0.1, -0.05) is 6.92 Å². The first-order chi connectivity index (χ1) is 7.00. The van der Waals surface area contributed by atoms with E-state index in [4.69, 9.17) is 10.8 Å². The fourth-order valence-corrected chi connectivity index (χ4v) is 1.19. The normalized spacial score (nSPS) is 11.3. The fraction of sp³-hybridized carbons (Fsp3) is 0.300. The van der Waals surface area contributed by atoms with Crippen LogP contribution in [0.25, 0.3) is 0 Å². The molecule has 3 N–H and O–H groups in total. The smallest absolute Gasteiger partial charge is 0.304 e. The molecule has 6 heteroatoms. The van der Waals surface area contributed by atoms with Crippen LogP contribution in [0.2, 0.25) is 0 Å². The molecule has 1 atom stereocenters. The SMILES string of the molecule is CC(CC(=O)O)C(=O)c1ccc(N)nc1.Cl. The number of nitrogens with zero attached hydrogens (tertiary/aromatic N) is 1. The van der Waals surface area contributed by atoms with E-state index in [9.17, 15) is 9.59 Å². The molecule has 16 heavy (non-hydrogen) atoms. The van der Waals surface area contributed by atoms with Crippen LogP contribution in [0.1, 0.15) is 23.7 Å². The van der Waals surface area contributed by atoms with E-state index in [2.05, 4.69) is 4.98 Å². The third-order valence-corrected chi connectivity index (χ3v) is 2.00. The van der Waals surface area contributed by atoms with Gasteiger partial charge >= 0.3 is 5.97 Å². The third-order valence-electron chi connectivity index (χ3n) is 2.00. The van der Waals surface area contributed by atoms with Crippen molar-refractivity contribution in [2.75, 3.05) is 5.73 Å². The van der Waals surface area contributed by atoms with E-state index < -0.39 is 11.9 Å². The molecule has 0 spiro atoms. The second kappa shape index (κ2) is 6.07. The molecular formula is C10H13ClN2O3. The van der Waals surface area contributed by atoms with Gasteiger partial charge in [0.1, 0.15) is 5.82 Å². The zero-order valence-electron chi connectivity index (χ0n) is 8.71. The summed E-state index contributed by atoms with van der Waals surface area (Å²) in [6.07, 6.45) is 1.18. The van der Waals surface area contributed by atoms with Gasteiger partial charge in [0.15, 0.2) is 5.78 Å². The molecule has 0 radical (unpaired) electrons. The number of carboxylic acids is 1. The Morgan fingerprint density at radius 3 is 2.56 bits per heavy atom. The zero-order chi connectivity index (χ0) is 11.4. The van der Waals surface area contributed by atoms with Gasteiger partial charge in [0.2, 0.25) is 0 Å². The van der Waals surface area contributed by atoms with Crippen molar-refractivity contribution in [2.45, 2.75) is 13.3 Å². The number of halogens is 1. The molecule has 0 saturated heterocycles. The van der Waals surface area contributed by atoms with Crippen molar-refractivity contribution >= 4 is 30.0 Å². The molecule has 5 nitrogen and oxygen atoms in total. The lowest BCUT2D eigenvalue weighted by Crippen LogP contribution is -2.15. The van der Waals surface area contributed by atoms with Gasteiger partial charge in [-0.15, -0.1) is 12.4 Å². The van der Waals surface area contributed by atoms with E-state index >= 15 is 0 Å². The molecule has 1 unspecified atom stereocenters. The summed E-state index contributed by atoms with van der Waals surface area (Å²) >= 11 is 0. The standard InChI is InChI=1S/C10H12N2O3.ClH/c1-6(4-9(13)14)10(15)7-2-3-8(11)12-5-7;/h2-3,5-6H,4H2,1H3,(H2,11,12)(H,13,14);1H. The molecule has 1 aromatic rings. The maximum Gasteiger partial charge on any atom is 0.304 e. The van der Waals surface area contributed by atoms with Gasteiger partial charge in [-0.2, -0.15) is 0 Å². The second-order valence-corrected chi connectivity index (χ2v) is 3.33. The first kappa shape index (κ1) is 14.4. The predicted molar refractivity (Wildman–Crippen MR) is 61.6 cm³/mol. The minimum atomic E-state index is -0.987. The molecule has 0 fully saturated rings. The maximum absolute atomic E-state index is 11.6. The number of carbonyl (C=O) groups excluding carboxylic acids is 1. The topological polar surface area (TPSA) is 93.3 Å². The van der Waals surface area contributed by atoms with Crippen LogP contribution in [0, 0.1) is 5.92 Å². The maximum atomic E-state index is 11.6. The number of aliphatic carboxylic acids is 1. The van der Waals surface area contributed by atoms with E-state index in [1.54, 1.807) is 13.0 Å². The summed E-state index contributed by atoms with van der Waals surface area (Å²) in [5.74, 6) is -1.44. The Morgan fingerprint density at radius 1 is 1.50 bits per heavy atom. The van der Waals surface area contributed by atoms with Crippen molar-refractivity contribution in [3.8, 4) is 0 Å². The van der Waals surface area contributed by atoms with Crippen molar-refractivity contribution in [3.05, 3.63) is 23.9 Å². The monoisotopic (exact) mass is 244 g/mol. The molecule has 0 aliphatic carbocycles. The van der Waals surface area contributed by atoms with Gasteiger partial charge in [-0.25, -0.2) is 4.98 Å². The summed E-state index contributed by atoms with van der Waals surface area (Å²) in [6.45, 7) is 1.58. The Morgan fingerprint density at radius 2 is 2.12 bits per heavy atom. The van der Waals surface area contributed by atoms with E-state index in [1.807, 2.05) is 0 Å². The number of ketones is 1. The number of Topliss-reactive ketones (excluding diaryl/α,β-unsaturated/α-hetero) is 1. The van der Waals surface area contributed by atoms with Gasteiger partial charge in [0.05, 0.1) is 6.42 Å². The number of hydrogen-bond acceptors (Lipinski definition) is 4. The number of carboxylic acid groups (broad SMARTS) is 1. The Hall–Kier alpha value is -1.62. The van der Waals surface area contributed by atoms with Crippen LogP contribution in [-0.4, -0.2) is 21.8 Å². The molecule has 1 rings (SSSR count). The lowest BCUT2D eigenvalue weighted by atomic mass is 9.98. The lowest BCUT2D eigenvalue weighted by molar-refractivity contribution is -0.137. The first-order valence-corrected chi connectivity index (χ1v) is 4.48. The average Bonchev–Trinajstić information content (AvgIpc) is 2.17. The molecule has 0 saturated carbocycles. The number of aromatic nitrogens is 1. The Labute approximate surface area is 99.1 Å². The fourth-order valence-electron chi connectivity index (χ4n) is 1.19. The summed E-state index contributed by atoms with van der Waals surface area (Å²) in [4.78, 5) is 25.8. The lowest BCUT2D eigenvalue weighted by Gasteiger charge is -2.06. The van der Waals surface area contributed by atoms with Crippen LogP contribution in [0.3, 0.4) is 0 Å². The number of nitrogen functional groups attached to an aromatic ring is 1. The number of carbonyl (C=O) groups is 2. The summed E-state index contributed by atoms with van der Waals surface area (Å²) in [7, 11) is 0. The minimum absolute atomic E-state index is 0. The average molecular weight is 245 g/mol. The highest BCUT2D eigenvalue weighted by Crippen LogP contribution is 2.12. The second-order valence-electron chi connectivity index (χ2n) is 3.33. The Kier molecular flexibility index (Phi) is 5.46. The highest BCUT2D eigenvalue weighted by molar-refractivity contribution is 5.98. The van der Waals surface area contributed by atoms with Crippen LogP contribution in [0.15, 0.2) is 18.3 Å². The molecular weight excluding hydrogens is 232 g/mol. The third kappa shape index (κ3) is 3.86. The summed E-state index contributed by atoms with van der Waals surface area (Å²) < 4.78 is 0. The quantitative estimate of drug-likeness (QED) is 0.781. The highest BCUT2D eigenvalue weighted by atomic mass is 35.5. The van der Waals surface area contributed by atoms with Gasteiger partial charge in [0, 0.05) is 17.7 Å². The molecule has 0 bridgehead atoms. The van der Waals surface area contributed by atoms with Gasteiger partial charge < -0.3 is 10.8 Å². The van der Waals surface area contributed by atoms with Crippen molar-refractivity contribution < 1.29 is 14.7 Å². The van der Waals surface area contributed by atoms with Crippen LogP contribution >= 0.6 is 12.4 Å². The summed E-state index contributed by atoms with van der Waals surface area (Å²) in [5, 5.41) is 8.54. The van der Waals surface area contributed by atoms with Crippen LogP contribution in [0.5, 0.6) is 0 Å². The van der Waals surface area contributed by atoms with Gasteiger partial charge in [-0.05, 0) is 12.1 Å². The zero-order valence-corrected chi connectivity index (χ0v) is 9.53. The number of pyridine rings is 1. The van der Waals surface area contributed by atoms with Crippen molar-refractivity contribution in [2.24, 2.45) is 5.92 Å². The number of anilines is 1. The molecule has 0 aromatic carbocycles. The van der Waals surface area contributed by atoms with E-state index in [0.29, 0.717) is 11.4 Å². The van der Waals surface area contributed by atoms with Crippen molar-refractivity contribution in [1.29, 1.82) is 0 Å². The predicted octanol–water partition coefficient (Wildman–Crippen LogP) is 1.38. The van der Waals surface area contributed by atoms with Crippen molar-refractivity contribution in [1.82, 2.24) is 4.98 Å². The van der Waals surface area contributed by atoms with Crippen LogP contribution in [-0.2, 0) is 4.79 Å². The minimum Gasteiger partial charge on any atom is -0.481 e. The molecule has 0 aliphatic heterocycles. The number of rotatable bonds is 4. The number of nitrogens with two attached hydrogens (primary N) is 1. The first-order valence-electron chi connectivity index (χ1n) is 4.48. The summed E-state index contributed by atoms with van der Waals surface area (Å²) in [5.41, 5.74) is 5.75. The van der Waals surface area contributed by atoms with E-state index in [-0.39, 0.29) is 24.6 Å². The largest absolute Gasteiger partial charge is 0.481 e. The summed E-state index contributed by atoms with van der Waals surface area (Å²) in [6, 6.07) is 3.06. The molecule has 88 valence electrons. The van der Waals surface area contributed by atoms with Crippen LogP contribution < -0.4 is 5.73 Å². The van der Waals surface area contributed by atoms with Crippen molar-refractivity contribution in [3.63, 3.8) is 0 Å². The van der Waals surface area contributed by atoms with Gasteiger partial charge in [0.25, 0.3) is 0 Å². The molecule has 1 aromatic heterocycles. The molecule has 0 amide bonds. The number of hydrogen-bond donors (Lipinski definition) is 2. The molecule has 1 heterocycles. The Bertz CT molecular complexity index is 378. The van der Waals surface area contributed by atoms with E-state index in [1.165, 1.54) is 12.3 Å². The van der Waals surface area contributed by atoms with Crippen LogP contribution in [0.4, 0.5) is 5.82 Å². The highest BCUT2D eigenvalue weighted by Gasteiger charge is 2.18. The van der Waals surface area contributed by atoms with Gasteiger partial charge in [-0.3, -0.25) is 9.59 Å². The van der Waals surface area contributed by atoms with E-state index in [0.717, 1.165) is 0 Å². The molecule has 0 aliphatic rings. The Balaban J connectivity index is 0.00000225.